The smallest absolute Gasteiger partial charge is 0.254 e. The van der Waals surface area contributed by atoms with Crippen molar-refractivity contribution in [3.63, 3.8) is 0 Å². The van der Waals surface area contributed by atoms with E-state index in [2.05, 4.69) is 12.3 Å². The van der Waals surface area contributed by atoms with E-state index in [1.54, 1.807) is 11.8 Å². The highest BCUT2D eigenvalue weighted by molar-refractivity contribution is 7.97. The van der Waals surface area contributed by atoms with E-state index >= 15 is 0 Å². The number of benzene rings is 1. The second-order valence-electron chi connectivity index (χ2n) is 5.10. The average molecular weight is 279 g/mol. The molecule has 0 radical (unpaired) electrons. The molecule has 0 N–H and O–H groups in total. The highest BCUT2D eigenvalue weighted by Gasteiger charge is 2.26. The van der Waals surface area contributed by atoms with Crippen LogP contribution in [0.3, 0.4) is 0 Å². The predicted octanol–water partition coefficient (Wildman–Crippen LogP) is 2.80. The summed E-state index contributed by atoms with van der Waals surface area (Å²) in [4.78, 5) is 14.4. The minimum atomic E-state index is 0.113. The summed E-state index contributed by atoms with van der Waals surface area (Å²) in [5.41, 5.74) is 1.99. The molecule has 1 aromatic rings. The molecule has 2 unspecified atom stereocenters. The van der Waals surface area contributed by atoms with Crippen molar-refractivity contribution in [1.82, 2.24) is 4.90 Å². The van der Waals surface area contributed by atoms with E-state index in [0.29, 0.717) is 13.1 Å². The highest BCUT2D eigenvalue weighted by atomic mass is 32.2. The highest BCUT2D eigenvalue weighted by Crippen LogP contribution is 2.16. The van der Waals surface area contributed by atoms with Crippen molar-refractivity contribution in [2.24, 2.45) is 0 Å². The Balaban J connectivity index is 2.12. The summed E-state index contributed by atoms with van der Waals surface area (Å²) in [5.74, 6) is 1.06. The summed E-state index contributed by atoms with van der Waals surface area (Å²) >= 11 is 1.77. The molecule has 0 saturated carbocycles. The Bertz CT molecular complexity index is 440. The first-order chi connectivity index (χ1) is 9.10. The van der Waals surface area contributed by atoms with Gasteiger partial charge in [0.1, 0.15) is 0 Å². The summed E-state index contributed by atoms with van der Waals surface area (Å²) in [6.07, 6.45) is 2.30. The molecule has 0 aromatic heterocycles. The number of amides is 1. The molecule has 1 saturated heterocycles. The van der Waals surface area contributed by atoms with Crippen LogP contribution in [0.15, 0.2) is 24.3 Å². The third-order valence-corrected chi connectivity index (χ3v) is 3.81. The van der Waals surface area contributed by atoms with Crippen LogP contribution in [0.2, 0.25) is 0 Å². The van der Waals surface area contributed by atoms with Crippen LogP contribution < -0.4 is 0 Å². The molecule has 1 fully saturated rings. The lowest BCUT2D eigenvalue weighted by molar-refractivity contribution is -0.0586. The Morgan fingerprint density at radius 2 is 2.05 bits per heavy atom. The number of thioether (sulfide) groups is 1. The van der Waals surface area contributed by atoms with Crippen LogP contribution in [0.1, 0.15) is 29.8 Å². The monoisotopic (exact) mass is 279 g/mol. The molecule has 2 rings (SSSR count). The zero-order valence-electron chi connectivity index (χ0n) is 11.8. The topological polar surface area (TPSA) is 29.5 Å². The van der Waals surface area contributed by atoms with Gasteiger partial charge in [0, 0.05) is 24.4 Å². The van der Waals surface area contributed by atoms with E-state index in [1.807, 2.05) is 36.9 Å². The lowest BCUT2D eigenvalue weighted by Gasteiger charge is -2.35. The van der Waals surface area contributed by atoms with Crippen LogP contribution >= 0.6 is 11.8 Å². The molecule has 3 nitrogen and oxygen atoms in total. The van der Waals surface area contributed by atoms with E-state index in [-0.39, 0.29) is 18.1 Å². The maximum atomic E-state index is 12.5. The van der Waals surface area contributed by atoms with E-state index in [0.717, 1.165) is 11.3 Å². The number of carbonyl (C=O) groups excluding carboxylic acids is 1. The molecule has 2 atom stereocenters. The summed E-state index contributed by atoms with van der Waals surface area (Å²) < 4.78 is 5.67. The quantitative estimate of drug-likeness (QED) is 0.852. The van der Waals surface area contributed by atoms with Crippen molar-refractivity contribution >= 4 is 17.7 Å². The molecule has 0 bridgehead atoms. The Labute approximate surface area is 119 Å². The SMILES string of the molecule is CSCc1cccc(C(=O)N2CC(C)OC(C)C2)c1. The predicted molar refractivity (Wildman–Crippen MR) is 79.6 cm³/mol. The molecule has 19 heavy (non-hydrogen) atoms. The largest absolute Gasteiger partial charge is 0.372 e. The van der Waals surface area contributed by atoms with Crippen LogP contribution in [0.25, 0.3) is 0 Å². The summed E-state index contributed by atoms with van der Waals surface area (Å²) in [6, 6.07) is 7.94. The first-order valence-corrected chi connectivity index (χ1v) is 8.02. The van der Waals surface area contributed by atoms with E-state index in [1.165, 1.54) is 5.56 Å². The first kappa shape index (κ1) is 14.4. The van der Waals surface area contributed by atoms with Crippen LogP contribution in [0, 0.1) is 0 Å². The van der Waals surface area contributed by atoms with E-state index < -0.39 is 0 Å². The molecular weight excluding hydrogens is 258 g/mol. The zero-order chi connectivity index (χ0) is 13.8. The fourth-order valence-electron chi connectivity index (χ4n) is 2.49. The first-order valence-electron chi connectivity index (χ1n) is 6.62. The van der Waals surface area contributed by atoms with Gasteiger partial charge in [-0.2, -0.15) is 11.8 Å². The van der Waals surface area contributed by atoms with Gasteiger partial charge >= 0.3 is 0 Å². The van der Waals surface area contributed by atoms with Gasteiger partial charge in [0.15, 0.2) is 0 Å². The standard InChI is InChI=1S/C15H21NO2S/c1-11-8-16(9-12(2)18-11)15(17)14-6-4-5-13(7-14)10-19-3/h4-7,11-12H,8-10H2,1-3H3. The van der Waals surface area contributed by atoms with Gasteiger partial charge in [0.05, 0.1) is 12.2 Å². The van der Waals surface area contributed by atoms with Gasteiger partial charge < -0.3 is 9.64 Å². The number of carbonyl (C=O) groups is 1. The Kier molecular flexibility index (Phi) is 4.88. The number of hydrogen-bond acceptors (Lipinski definition) is 3. The van der Waals surface area contributed by atoms with Crippen LogP contribution in [-0.2, 0) is 10.5 Å². The molecule has 1 amide bonds. The normalized spacial score (nSPS) is 23.4. The minimum absolute atomic E-state index is 0.113. The van der Waals surface area contributed by atoms with Crippen molar-refractivity contribution in [1.29, 1.82) is 0 Å². The molecule has 4 heteroatoms. The van der Waals surface area contributed by atoms with Crippen LogP contribution in [0.5, 0.6) is 0 Å². The Morgan fingerprint density at radius 1 is 1.37 bits per heavy atom. The van der Waals surface area contributed by atoms with Crippen LogP contribution in [-0.4, -0.2) is 42.4 Å². The van der Waals surface area contributed by atoms with Gasteiger partial charge in [-0.1, -0.05) is 12.1 Å². The van der Waals surface area contributed by atoms with Gasteiger partial charge in [0.25, 0.3) is 5.91 Å². The van der Waals surface area contributed by atoms with Gasteiger partial charge in [-0.3, -0.25) is 4.79 Å². The maximum Gasteiger partial charge on any atom is 0.254 e. The van der Waals surface area contributed by atoms with Gasteiger partial charge in [-0.25, -0.2) is 0 Å². The molecule has 0 aliphatic carbocycles. The minimum Gasteiger partial charge on any atom is -0.372 e. The fraction of sp³-hybridized carbons (Fsp3) is 0.533. The number of morpholine rings is 1. The lowest BCUT2D eigenvalue weighted by Crippen LogP contribution is -2.48. The molecule has 1 heterocycles. The number of nitrogens with zero attached hydrogens (tertiary/aromatic N) is 1. The second kappa shape index (κ2) is 6.44. The Hall–Kier alpha value is -1.00. The van der Waals surface area contributed by atoms with E-state index in [9.17, 15) is 4.79 Å². The number of hydrogen-bond donors (Lipinski definition) is 0. The van der Waals surface area contributed by atoms with Gasteiger partial charge in [0.2, 0.25) is 0 Å². The fourth-order valence-corrected chi connectivity index (χ4v) is 3.00. The summed E-state index contributed by atoms with van der Waals surface area (Å²) in [7, 11) is 0. The molecule has 1 aromatic carbocycles. The molecular formula is C15H21NO2S. The molecule has 1 aliphatic heterocycles. The van der Waals surface area contributed by atoms with Crippen molar-refractivity contribution in [2.45, 2.75) is 31.8 Å². The third kappa shape index (κ3) is 3.74. The van der Waals surface area contributed by atoms with Crippen molar-refractivity contribution in [2.75, 3.05) is 19.3 Å². The van der Waals surface area contributed by atoms with Crippen molar-refractivity contribution < 1.29 is 9.53 Å². The van der Waals surface area contributed by atoms with Crippen molar-refractivity contribution in [3.8, 4) is 0 Å². The average Bonchev–Trinajstić information content (AvgIpc) is 2.37. The molecule has 104 valence electrons. The number of ether oxygens (including phenoxy) is 1. The van der Waals surface area contributed by atoms with Crippen molar-refractivity contribution in [3.05, 3.63) is 35.4 Å². The number of rotatable bonds is 3. The molecule has 0 spiro atoms. The van der Waals surface area contributed by atoms with Crippen LogP contribution in [0.4, 0.5) is 0 Å². The third-order valence-electron chi connectivity index (χ3n) is 3.19. The lowest BCUT2D eigenvalue weighted by atomic mass is 10.1. The Morgan fingerprint density at radius 3 is 2.68 bits per heavy atom. The van der Waals surface area contributed by atoms with E-state index in [4.69, 9.17) is 4.74 Å². The maximum absolute atomic E-state index is 12.5. The van der Waals surface area contributed by atoms with Gasteiger partial charge in [-0.15, -0.1) is 0 Å². The summed E-state index contributed by atoms with van der Waals surface area (Å²) in [5, 5.41) is 0. The second-order valence-corrected chi connectivity index (χ2v) is 5.97. The zero-order valence-corrected chi connectivity index (χ0v) is 12.6. The van der Waals surface area contributed by atoms with Gasteiger partial charge in [-0.05, 0) is 37.8 Å². The summed E-state index contributed by atoms with van der Waals surface area (Å²) in [6.45, 7) is 5.38. The molecule has 1 aliphatic rings.